The summed E-state index contributed by atoms with van der Waals surface area (Å²) in [6, 6.07) is 7.98. The minimum absolute atomic E-state index is 0.426. The second-order valence-corrected chi connectivity index (χ2v) is 6.05. The number of halogens is 2. The molecule has 0 fully saturated rings. The molecule has 106 valence electrons. The molecule has 0 saturated heterocycles. The van der Waals surface area contributed by atoms with Gasteiger partial charge in [0.2, 0.25) is 0 Å². The lowest BCUT2D eigenvalue weighted by atomic mass is 10.2. The molecule has 0 spiro atoms. The fourth-order valence-corrected chi connectivity index (χ4v) is 2.21. The number of benzene rings is 1. The summed E-state index contributed by atoms with van der Waals surface area (Å²) in [6.45, 7) is 4.95. The van der Waals surface area contributed by atoms with Gasteiger partial charge >= 0.3 is 0 Å². The van der Waals surface area contributed by atoms with E-state index in [-0.39, 0.29) is 0 Å². The Labute approximate surface area is 132 Å². The Morgan fingerprint density at radius 2 is 2.05 bits per heavy atom. The molecular weight excluding hydrogens is 340 g/mol. The first-order valence-electron chi connectivity index (χ1n) is 6.35. The number of ether oxygens (including phenoxy) is 1. The lowest BCUT2D eigenvalue weighted by Gasteiger charge is -2.11. The van der Waals surface area contributed by atoms with Crippen LogP contribution >= 0.6 is 27.5 Å². The van der Waals surface area contributed by atoms with Crippen molar-refractivity contribution in [3.8, 4) is 11.5 Å². The highest BCUT2D eigenvalue weighted by Gasteiger charge is 2.05. The van der Waals surface area contributed by atoms with Crippen molar-refractivity contribution in [2.24, 2.45) is 0 Å². The van der Waals surface area contributed by atoms with Crippen LogP contribution in [0.25, 0.3) is 0 Å². The predicted molar refractivity (Wildman–Crippen MR) is 85.4 cm³/mol. The SMILES string of the molecule is CC(C)NCc1ccc(Oc2cncc(Br)c2)cc1Cl. The van der Waals surface area contributed by atoms with Gasteiger partial charge in [0.05, 0.1) is 6.20 Å². The average molecular weight is 356 g/mol. The van der Waals surface area contributed by atoms with Crippen molar-refractivity contribution in [1.82, 2.24) is 10.3 Å². The fraction of sp³-hybridized carbons (Fsp3) is 0.267. The molecule has 0 bridgehead atoms. The van der Waals surface area contributed by atoms with E-state index in [1.165, 1.54) is 0 Å². The zero-order valence-electron chi connectivity index (χ0n) is 11.4. The summed E-state index contributed by atoms with van der Waals surface area (Å²) in [6.07, 6.45) is 3.37. The van der Waals surface area contributed by atoms with Crippen LogP contribution in [0.4, 0.5) is 0 Å². The van der Waals surface area contributed by atoms with E-state index in [1.54, 1.807) is 12.4 Å². The first-order chi connectivity index (χ1) is 9.54. The minimum atomic E-state index is 0.426. The maximum atomic E-state index is 6.27. The fourth-order valence-electron chi connectivity index (χ4n) is 1.63. The van der Waals surface area contributed by atoms with Crippen molar-refractivity contribution in [2.75, 3.05) is 0 Å². The van der Waals surface area contributed by atoms with Gasteiger partial charge in [-0.15, -0.1) is 0 Å². The maximum Gasteiger partial charge on any atom is 0.146 e. The van der Waals surface area contributed by atoms with Crippen molar-refractivity contribution in [1.29, 1.82) is 0 Å². The Hall–Kier alpha value is -1.10. The molecule has 0 aliphatic heterocycles. The van der Waals surface area contributed by atoms with Crippen LogP contribution in [0.1, 0.15) is 19.4 Å². The summed E-state index contributed by atoms with van der Waals surface area (Å²) < 4.78 is 6.60. The number of hydrogen-bond donors (Lipinski definition) is 1. The summed E-state index contributed by atoms with van der Waals surface area (Å²) in [5.74, 6) is 1.37. The van der Waals surface area contributed by atoms with Crippen molar-refractivity contribution < 1.29 is 4.74 Å². The third-order valence-corrected chi connectivity index (χ3v) is 3.43. The number of nitrogens with zero attached hydrogens (tertiary/aromatic N) is 1. The zero-order valence-corrected chi connectivity index (χ0v) is 13.7. The Bertz CT molecular complexity index is 590. The number of rotatable bonds is 5. The average Bonchev–Trinajstić information content (AvgIpc) is 2.37. The molecule has 0 amide bonds. The van der Waals surface area contributed by atoms with Crippen molar-refractivity contribution >= 4 is 27.5 Å². The lowest BCUT2D eigenvalue weighted by molar-refractivity contribution is 0.479. The van der Waals surface area contributed by atoms with Gasteiger partial charge in [0.1, 0.15) is 11.5 Å². The minimum Gasteiger partial charge on any atom is -0.456 e. The molecule has 20 heavy (non-hydrogen) atoms. The summed E-state index contributed by atoms with van der Waals surface area (Å²) >= 11 is 9.62. The Morgan fingerprint density at radius 1 is 1.25 bits per heavy atom. The summed E-state index contributed by atoms with van der Waals surface area (Å²) in [5, 5.41) is 4.03. The van der Waals surface area contributed by atoms with Gasteiger partial charge in [-0.2, -0.15) is 0 Å². The molecule has 5 heteroatoms. The van der Waals surface area contributed by atoms with Crippen LogP contribution in [-0.2, 0) is 6.54 Å². The van der Waals surface area contributed by atoms with Gasteiger partial charge in [0, 0.05) is 28.3 Å². The van der Waals surface area contributed by atoms with E-state index >= 15 is 0 Å². The van der Waals surface area contributed by atoms with E-state index < -0.39 is 0 Å². The molecule has 1 aromatic carbocycles. The third-order valence-electron chi connectivity index (χ3n) is 2.64. The first-order valence-corrected chi connectivity index (χ1v) is 7.52. The zero-order chi connectivity index (χ0) is 14.5. The van der Waals surface area contributed by atoms with Crippen LogP contribution < -0.4 is 10.1 Å². The highest BCUT2D eigenvalue weighted by molar-refractivity contribution is 9.10. The van der Waals surface area contributed by atoms with Crippen LogP contribution in [0.2, 0.25) is 5.02 Å². The van der Waals surface area contributed by atoms with Gasteiger partial charge in [-0.25, -0.2) is 0 Å². The molecule has 1 heterocycles. The summed E-state index contributed by atoms with van der Waals surface area (Å²) in [5.41, 5.74) is 1.06. The molecule has 0 radical (unpaired) electrons. The van der Waals surface area contributed by atoms with E-state index in [4.69, 9.17) is 16.3 Å². The van der Waals surface area contributed by atoms with Crippen molar-refractivity contribution in [2.45, 2.75) is 26.4 Å². The standard InChI is InChI=1S/C15H16BrClN2O/c1-10(2)19-7-11-3-4-13(6-15(11)17)20-14-5-12(16)8-18-9-14/h3-6,8-10,19H,7H2,1-2H3. The van der Waals surface area contributed by atoms with Gasteiger partial charge in [-0.1, -0.05) is 31.5 Å². The van der Waals surface area contributed by atoms with Gasteiger partial charge in [-0.05, 0) is 39.7 Å². The number of nitrogens with one attached hydrogen (secondary N) is 1. The van der Waals surface area contributed by atoms with Gasteiger partial charge in [0.25, 0.3) is 0 Å². The van der Waals surface area contributed by atoms with Gasteiger partial charge in [0.15, 0.2) is 0 Å². The third kappa shape index (κ3) is 4.47. The Morgan fingerprint density at radius 3 is 2.70 bits per heavy atom. The van der Waals surface area contributed by atoms with Crippen LogP contribution in [0.5, 0.6) is 11.5 Å². The van der Waals surface area contributed by atoms with E-state index in [2.05, 4.69) is 40.1 Å². The quantitative estimate of drug-likeness (QED) is 0.837. The van der Waals surface area contributed by atoms with Gasteiger partial charge in [-0.3, -0.25) is 4.98 Å². The molecule has 0 atom stereocenters. The van der Waals surface area contributed by atoms with Crippen LogP contribution in [-0.4, -0.2) is 11.0 Å². The second kappa shape index (κ2) is 7.07. The molecule has 0 aliphatic carbocycles. The second-order valence-electron chi connectivity index (χ2n) is 4.73. The molecule has 1 aromatic heterocycles. The smallest absolute Gasteiger partial charge is 0.146 e. The molecular formula is C15H16BrClN2O. The molecule has 3 nitrogen and oxygen atoms in total. The normalized spacial score (nSPS) is 10.8. The molecule has 2 aromatic rings. The lowest BCUT2D eigenvalue weighted by Crippen LogP contribution is -2.21. The largest absolute Gasteiger partial charge is 0.456 e. The first kappa shape index (κ1) is 15.3. The van der Waals surface area contributed by atoms with Crippen LogP contribution in [0.3, 0.4) is 0 Å². The van der Waals surface area contributed by atoms with Crippen LogP contribution in [0.15, 0.2) is 41.1 Å². The molecule has 0 unspecified atom stereocenters. The van der Waals surface area contributed by atoms with E-state index in [0.29, 0.717) is 22.6 Å². The van der Waals surface area contributed by atoms with E-state index in [9.17, 15) is 0 Å². The van der Waals surface area contributed by atoms with Crippen molar-refractivity contribution in [3.05, 3.63) is 51.7 Å². The number of hydrogen-bond acceptors (Lipinski definition) is 3. The molecule has 1 N–H and O–H groups in total. The summed E-state index contributed by atoms with van der Waals surface area (Å²) in [7, 11) is 0. The maximum absolute atomic E-state index is 6.27. The Kier molecular flexibility index (Phi) is 5.40. The molecule has 2 rings (SSSR count). The topological polar surface area (TPSA) is 34.1 Å². The number of pyridine rings is 1. The Balaban J connectivity index is 2.09. The van der Waals surface area contributed by atoms with E-state index in [0.717, 1.165) is 16.6 Å². The monoisotopic (exact) mass is 354 g/mol. The summed E-state index contributed by atoms with van der Waals surface area (Å²) in [4.78, 5) is 4.05. The number of aromatic nitrogens is 1. The molecule has 0 aliphatic rings. The van der Waals surface area contributed by atoms with Crippen LogP contribution in [0, 0.1) is 0 Å². The highest BCUT2D eigenvalue weighted by Crippen LogP contribution is 2.27. The van der Waals surface area contributed by atoms with Crippen molar-refractivity contribution in [3.63, 3.8) is 0 Å². The predicted octanol–water partition coefficient (Wildman–Crippen LogP) is 4.79. The highest BCUT2D eigenvalue weighted by atomic mass is 79.9. The molecule has 0 saturated carbocycles. The van der Waals surface area contributed by atoms with E-state index in [1.807, 2.05) is 24.3 Å². The van der Waals surface area contributed by atoms with Gasteiger partial charge < -0.3 is 10.1 Å².